The Morgan fingerprint density at radius 3 is 2.92 bits per heavy atom. The van der Waals surface area contributed by atoms with Gasteiger partial charge in [-0.25, -0.2) is 15.0 Å². The van der Waals surface area contributed by atoms with Crippen molar-refractivity contribution in [2.45, 2.75) is 26.7 Å². The quantitative estimate of drug-likeness (QED) is 0.725. The Balaban J connectivity index is 1.75. The molecule has 0 atom stereocenters. The minimum atomic E-state index is -0.0924. The van der Waals surface area contributed by atoms with Crippen molar-refractivity contribution < 1.29 is 4.79 Å². The van der Waals surface area contributed by atoms with Gasteiger partial charge >= 0.3 is 0 Å². The average molecular weight is 335 g/mol. The molecule has 0 aliphatic heterocycles. The lowest BCUT2D eigenvalue weighted by atomic mass is 10.0. The molecule has 2 aromatic heterocycles. The van der Waals surface area contributed by atoms with E-state index < -0.39 is 0 Å². The molecule has 25 heavy (non-hydrogen) atoms. The monoisotopic (exact) mass is 335 g/mol. The molecule has 0 fully saturated rings. The lowest BCUT2D eigenvalue weighted by Gasteiger charge is -2.10. The average Bonchev–Trinajstić information content (AvgIpc) is 3.15. The Hall–Kier alpha value is -3.02. The molecule has 6 nitrogen and oxygen atoms in total. The second kappa shape index (κ2) is 7.70. The fourth-order valence-corrected chi connectivity index (χ4v) is 2.65. The molecule has 128 valence electrons. The Morgan fingerprint density at radius 2 is 2.16 bits per heavy atom. The van der Waals surface area contributed by atoms with Crippen molar-refractivity contribution >= 4 is 5.91 Å². The number of nitrogens with one attached hydrogen (secondary N) is 2. The molecule has 2 N–H and O–H groups in total. The predicted molar refractivity (Wildman–Crippen MR) is 96.2 cm³/mol. The van der Waals surface area contributed by atoms with Crippen LogP contribution in [0.1, 0.15) is 34.4 Å². The molecular formula is C19H21N5O. The molecule has 2 heterocycles. The Bertz CT molecular complexity index is 858. The van der Waals surface area contributed by atoms with E-state index in [1.54, 1.807) is 12.5 Å². The maximum atomic E-state index is 12.4. The van der Waals surface area contributed by atoms with Gasteiger partial charge < -0.3 is 10.3 Å². The highest BCUT2D eigenvalue weighted by Crippen LogP contribution is 2.22. The molecule has 1 aromatic carbocycles. The van der Waals surface area contributed by atoms with Crippen molar-refractivity contribution in [3.63, 3.8) is 0 Å². The van der Waals surface area contributed by atoms with Crippen molar-refractivity contribution in [2.24, 2.45) is 0 Å². The maximum absolute atomic E-state index is 12.4. The molecule has 0 aliphatic rings. The van der Waals surface area contributed by atoms with Gasteiger partial charge in [0.25, 0.3) is 5.91 Å². The zero-order chi connectivity index (χ0) is 17.6. The van der Waals surface area contributed by atoms with E-state index in [-0.39, 0.29) is 5.91 Å². The van der Waals surface area contributed by atoms with Crippen molar-refractivity contribution in [2.75, 3.05) is 6.54 Å². The van der Waals surface area contributed by atoms with Crippen molar-refractivity contribution in [1.82, 2.24) is 25.3 Å². The summed E-state index contributed by atoms with van der Waals surface area (Å²) >= 11 is 0. The molecule has 1 amide bonds. The van der Waals surface area contributed by atoms with E-state index in [2.05, 4.69) is 32.2 Å². The highest BCUT2D eigenvalue weighted by molar-refractivity contribution is 5.95. The normalized spacial score (nSPS) is 10.6. The molecule has 0 unspecified atom stereocenters. The van der Waals surface area contributed by atoms with Crippen LogP contribution < -0.4 is 5.32 Å². The summed E-state index contributed by atoms with van der Waals surface area (Å²) in [6, 6.07) is 7.56. The molecule has 0 bridgehead atoms. The van der Waals surface area contributed by atoms with E-state index in [0.29, 0.717) is 12.1 Å². The largest absolute Gasteiger partial charge is 0.352 e. The zero-order valence-electron chi connectivity index (χ0n) is 14.4. The number of imidazole rings is 1. The first-order valence-electron chi connectivity index (χ1n) is 8.35. The van der Waals surface area contributed by atoms with E-state index in [9.17, 15) is 4.79 Å². The van der Waals surface area contributed by atoms with Gasteiger partial charge in [0.1, 0.15) is 5.82 Å². The molecule has 0 radical (unpaired) electrons. The number of rotatable bonds is 6. The molecule has 3 aromatic rings. The van der Waals surface area contributed by atoms with E-state index in [1.165, 1.54) is 0 Å². The minimum absolute atomic E-state index is 0.0924. The number of aromatic amines is 1. The third-order valence-corrected chi connectivity index (χ3v) is 4.00. The summed E-state index contributed by atoms with van der Waals surface area (Å²) in [6.07, 6.45) is 6.81. The number of benzene rings is 1. The van der Waals surface area contributed by atoms with Crippen LogP contribution in [0.4, 0.5) is 0 Å². The topological polar surface area (TPSA) is 83.6 Å². The number of amides is 1. The SMILES string of the molecule is CCc1cnc(C)nc1-c1cccc(C(=O)NCCc2cnc[nH]2)c1. The summed E-state index contributed by atoms with van der Waals surface area (Å²) in [4.78, 5) is 28.2. The lowest BCUT2D eigenvalue weighted by molar-refractivity contribution is 0.0954. The van der Waals surface area contributed by atoms with Gasteiger partial charge in [0, 0.05) is 42.2 Å². The maximum Gasteiger partial charge on any atom is 0.251 e. The van der Waals surface area contributed by atoms with E-state index in [1.807, 2.05) is 37.4 Å². The summed E-state index contributed by atoms with van der Waals surface area (Å²) in [5, 5.41) is 2.94. The van der Waals surface area contributed by atoms with Gasteiger partial charge in [-0.1, -0.05) is 19.1 Å². The number of hydrogen-bond acceptors (Lipinski definition) is 4. The molecule has 6 heteroatoms. The summed E-state index contributed by atoms with van der Waals surface area (Å²) in [6.45, 7) is 4.50. The van der Waals surface area contributed by atoms with Crippen LogP contribution in [0, 0.1) is 6.92 Å². The van der Waals surface area contributed by atoms with Gasteiger partial charge in [0.2, 0.25) is 0 Å². The molecule has 0 saturated carbocycles. The second-order valence-electron chi connectivity index (χ2n) is 5.81. The van der Waals surface area contributed by atoms with Crippen LogP contribution in [-0.4, -0.2) is 32.4 Å². The first kappa shape index (κ1) is 16.8. The van der Waals surface area contributed by atoms with Gasteiger partial charge in [-0.3, -0.25) is 4.79 Å². The third-order valence-electron chi connectivity index (χ3n) is 4.00. The number of carbonyl (C=O) groups is 1. The summed E-state index contributed by atoms with van der Waals surface area (Å²) < 4.78 is 0. The van der Waals surface area contributed by atoms with Gasteiger partial charge in [0.15, 0.2) is 0 Å². The van der Waals surface area contributed by atoms with Crippen LogP contribution in [0.15, 0.2) is 43.0 Å². The lowest BCUT2D eigenvalue weighted by Crippen LogP contribution is -2.25. The highest BCUT2D eigenvalue weighted by atomic mass is 16.1. The highest BCUT2D eigenvalue weighted by Gasteiger charge is 2.11. The van der Waals surface area contributed by atoms with Crippen LogP contribution in [0.3, 0.4) is 0 Å². The van der Waals surface area contributed by atoms with Crippen molar-refractivity contribution in [3.05, 3.63) is 65.6 Å². The zero-order valence-corrected chi connectivity index (χ0v) is 14.4. The van der Waals surface area contributed by atoms with Crippen LogP contribution in [0.25, 0.3) is 11.3 Å². The summed E-state index contributed by atoms with van der Waals surface area (Å²) in [5.74, 6) is 0.631. The fraction of sp³-hybridized carbons (Fsp3) is 0.263. The van der Waals surface area contributed by atoms with Gasteiger partial charge in [-0.05, 0) is 31.0 Å². The minimum Gasteiger partial charge on any atom is -0.352 e. The number of aryl methyl sites for hydroxylation is 2. The number of nitrogens with zero attached hydrogens (tertiary/aromatic N) is 3. The Kier molecular flexibility index (Phi) is 5.18. The first-order valence-corrected chi connectivity index (χ1v) is 8.35. The predicted octanol–water partition coefficient (Wildman–Crippen LogP) is 2.71. The van der Waals surface area contributed by atoms with E-state index in [0.717, 1.165) is 41.2 Å². The third kappa shape index (κ3) is 4.09. The molecule has 0 aliphatic carbocycles. The molecule has 0 spiro atoms. The van der Waals surface area contributed by atoms with Crippen LogP contribution >= 0.6 is 0 Å². The van der Waals surface area contributed by atoms with Gasteiger partial charge in [-0.15, -0.1) is 0 Å². The summed E-state index contributed by atoms with van der Waals surface area (Å²) in [7, 11) is 0. The standard InChI is InChI=1S/C19H21N5O/c1-3-14-10-22-13(2)24-18(14)15-5-4-6-16(9-15)19(25)21-8-7-17-11-20-12-23-17/h4-6,9-12H,3,7-8H2,1-2H3,(H,20,23)(H,21,25). The van der Waals surface area contributed by atoms with Crippen LogP contribution in [0.2, 0.25) is 0 Å². The smallest absolute Gasteiger partial charge is 0.251 e. The van der Waals surface area contributed by atoms with E-state index in [4.69, 9.17) is 0 Å². The molecular weight excluding hydrogens is 314 g/mol. The van der Waals surface area contributed by atoms with E-state index >= 15 is 0 Å². The van der Waals surface area contributed by atoms with Crippen LogP contribution in [-0.2, 0) is 12.8 Å². The van der Waals surface area contributed by atoms with Crippen LogP contribution in [0.5, 0.6) is 0 Å². The Labute approximate surface area is 146 Å². The Morgan fingerprint density at radius 1 is 1.28 bits per heavy atom. The van der Waals surface area contributed by atoms with Crippen molar-refractivity contribution in [1.29, 1.82) is 0 Å². The fourth-order valence-electron chi connectivity index (χ4n) is 2.65. The molecule has 0 saturated heterocycles. The van der Waals surface area contributed by atoms with Gasteiger partial charge in [0.05, 0.1) is 12.0 Å². The molecule has 3 rings (SSSR count). The number of H-pyrrole nitrogens is 1. The number of carbonyl (C=O) groups excluding carboxylic acids is 1. The first-order chi connectivity index (χ1) is 12.2. The summed E-state index contributed by atoms with van der Waals surface area (Å²) in [5.41, 5.74) is 4.52. The van der Waals surface area contributed by atoms with Gasteiger partial charge in [-0.2, -0.15) is 0 Å². The van der Waals surface area contributed by atoms with Crippen molar-refractivity contribution in [3.8, 4) is 11.3 Å². The number of aromatic nitrogens is 4. The number of hydrogen-bond donors (Lipinski definition) is 2. The second-order valence-corrected chi connectivity index (χ2v) is 5.81.